The molecule has 6 nitrogen and oxygen atoms in total. The summed E-state index contributed by atoms with van der Waals surface area (Å²) in [7, 11) is 0. The standard InChI is InChI=1S/C17H32N2O4/c1-16(2,3)23-15(20)19-13-8-6-12(7-9-13)18-14-10-21-17(4,5)22-11-14/h12-14,18H,6-11H2,1-5H3,(H,19,20). The van der Waals surface area contributed by atoms with E-state index in [2.05, 4.69) is 10.6 Å². The molecule has 1 aliphatic heterocycles. The first-order chi connectivity index (χ1) is 10.6. The number of carbonyl (C=O) groups excluding carboxylic acids is 1. The summed E-state index contributed by atoms with van der Waals surface area (Å²) in [4.78, 5) is 11.8. The monoisotopic (exact) mass is 328 g/mol. The molecule has 0 aromatic carbocycles. The summed E-state index contributed by atoms with van der Waals surface area (Å²) in [6, 6.07) is 0.925. The van der Waals surface area contributed by atoms with Crippen LogP contribution in [0.4, 0.5) is 4.79 Å². The zero-order valence-electron chi connectivity index (χ0n) is 15.1. The molecule has 1 amide bonds. The topological polar surface area (TPSA) is 68.8 Å². The van der Waals surface area contributed by atoms with E-state index in [0.717, 1.165) is 25.7 Å². The van der Waals surface area contributed by atoms with Crippen LogP contribution >= 0.6 is 0 Å². The highest BCUT2D eigenvalue weighted by molar-refractivity contribution is 5.68. The number of rotatable bonds is 3. The lowest BCUT2D eigenvalue weighted by atomic mass is 9.91. The molecule has 6 heteroatoms. The van der Waals surface area contributed by atoms with Gasteiger partial charge in [-0.3, -0.25) is 0 Å². The van der Waals surface area contributed by atoms with Crippen LogP contribution in [-0.4, -0.2) is 48.8 Å². The zero-order valence-corrected chi connectivity index (χ0v) is 15.1. The van der Waals surface area contributed by atoms with Gasteiger partial charge in [0.1, 0.15) is 5.60 Å². The molecule has 0 aromatic heterocycles. The van der Waals surface area contributed by atoms with Crippen LogP contribution in [0.5, 0.6) is 0 Å². The zero-order chi connectivity index (χ0) is 17.1. The molecule has 0 atom stereocenters. The lowest BCUT2D eigenvalue weighted by Gasteiger charge is -2.38. The van der Waals surface area contributed by atoms with Crippen molar-refractivity contribution in [3.05, 3.63) is 0 Å². The van der Waals surface area contributed by atoms with Crippen molar-refractivity contribution in [1.29, 1.82) is 0 Å². The molecule has 2 N–H and O–H groups in total. The van der Waals surface area contributed by atoms with Crippen molar-refractivity contribution in [2.45, 2.75) is 89.8 Å². The van der Waals surface area contributed by atoms with Gasteiger partial charge in [0.25, 0.3) is 0 Å². The lowest BCUT2D eigenvalue weighted by Crippen LogP contribution is -2.53. The second-order valence-electron chi connectivity index (χ2n) is 8.08. The molecule has 1 heterocycles. The number of hydrogen-bond donors (Lipinski definition) is 2. The molecule has 0 aromatic rings. The molecule has 0 bridgehead atoms. The molecule has 0 radical (unpaired) electrons. The highest BCUT2D eigenvalue weighted by Crippen LogP contribution is 2.22. The van der Waals surface area contributed by atoms with Gasteiger partial charge in [-0.2, -0.15) is 0 Å². The maximum absolute atomic E-state index is 11.8. The van der Waals surface area contributed by atoms with E-state index in [4.69, 9.17) is 14.2 Å². The van der Waals surface area contributed by atoms with Crippen molar-refractivity contribution in [3.63, 3.8) is 0 Å². The van der Waals surface area contributed by atoms with E-state index in [1.807, 2.05) is 34.6 Å². The van der Waals surface area contributed by atoms with Gasteiger partial charge in [-0.15, -0.1) is 0 Å². The van der Waals surface area contributed by atoms with E-state index in [0.29, 0.717) is 19.3 Å². The summed E-state index contributed by atoms with van der Waals surface area (Å²) >= 11 is 0. The molecule has 134 valence electrons. The van der Waals surface area contributed by atoms with E-state index in [9.17, 15) is 4.79 Å². The molecule has 0 unspecified atom stereocenters. The van der Waals surface area contributed by atoms with Crippen molar-refractivity contribution in [3.8, 4) is 0 Å². The third kappa shape index (κ3) is 6.65. The minimum Gasteiger partial charge on any atom is -0.444 e. The van der Waals surface area contributed by atoms with Gasteiger partial charge in [0.05, 0.1) is 19.3 Å². The van der Waals surface area contributed by atoms with Gasteiger partial charge in [0.2, 0.25) is 0 Å². The van der Waals surface area contributed by atoms with Crippen molar-refractivity contribution in [1.82, 2.24) is 10.6 Å². The van der Waals surface area contributed by atoms with Crippen molar-refractivity contribution >= 4 is 6.09 Å². The molecule has 1 aliphatic carbocycles. The Labute approximate surface area is 139 Å². The largest absolute Gasteiger partial charge is 0.444 e. The first-order valence-corrected chi connectivity index (χ1v) is 8.66. The average molecular weight is 328 g/mol. The minimum absolute atomic E-state index is 0.209. The van der Waals surface area contributed by atoms with E-state index in [-0.39, 0.29) is 18.2 Å². The SMILES string of the molecule is CC(C)(C)OC(=O)NC1CCC(NC2COC(C)(C)OC2)CC1. The molecular weight excluding hydrogens is 296 g/mol. The molecule has 1 saturated heterocycles. The number of hydrogen-bond acceptors (Lipinski definition) is 5. The van der Waals surface area contributed by atoms with Gasteiger partial charge in [0, 0.05) is 12.1 Å². The molecule has 2 fully saturated rings. The quantitative estimate of drug-likeness (QED) is 0.833. The maximum atomic E-state index is 11.8. The predicted octanol–water partition coefficient (Wildman–Crippen LogP) is 2.56. The Balaban J connectivity index is 1.65. The van der Waals surface area contributed by atoms with Gasteiger partial charge in [-0.25, -0.2) is 4.79 Å². The summed E-state index contributed by atoms with van der Waals surface area (Å²) < 4.78 is 16.7. The maximum Gasteiger partial charge on any atom is 0.407 e. The summed E-state index contributed by atoms with van der Waals surface area (Å²) in [5.41, 5.74) is -0.447. The highest BCUT2D eigenvalue weighted by Gasteiger charge is 2.31. The fraction of sp³-hybridized carbons (Fsp3) is 0.941. The Morgan fingerprint density at radius 3 is 2.04 bits per heavy atom. The summed E-state index contributed by atoms with van der Waals surface area (Å²) in [5.74, 6) is -0.465. The fourth-order valence-electron chi connectivity index (χ4n) is 3.00. The molecule has 23 heavy (non-hydrogen) atoms. The van der Waals surface area contributed by atoms with Crippen LogP contribution in [0.15, 0.2) is 0 Å². The third-order valence-electron chi connectivity index (χ3n) is 4.18. The number of alkyl carbamates (subject to hydrolysis) is 1. The van der Waals surface area contributed by atoms with E-state index < -0.39 is 11.4 Å². The Morgan fingerprint density at radius 1 is 1.00 bits per heavy atom. The second kappa shape index (κ2) is 7.36. The Morgan fingerprint density at radius 2 is 1.52 bits per heavy atom. The van der Waals surface area contributed by atoms with Crippen LogP contribution in [0, 0.1) is 0 Å². The van der Waals surface area contributed by atoms with Gasteiger partial charge in [0.15, 0.2) is 5.79 Å². The molecular formula is C17H32N2O4. The van der Waals surface area contributed by atoms with E-state index in [1.54, 1.807) is 0 Å². The van der Waals surface area contributed by atoms with Gasteiger partial charge in [-0.1, -0.05) is 0 Å². The fourth-order valence-corrected chi connectivity index (χ4v) is 3.00. The smallest absolute Gasteiger partial charge is 0.407 e. The minimum atomic E-state index is -0.465. The normalized spacial score (nSPS) is 29.1. The van der Waals surface area contributed by atoms with Crippen molar-refractivity contribution in [2.24, 2.45) is 0 Å². The van der Waals surface area contributed by atoms with Gasteiger partial charge >= 0.3 is 6.09 Å². The highest BCUT2D eigenvalue weighted by atomic mass is 16.7. The first kappa shape index (κ1) is 18.5. The van der Waals surface area contributed by atoms with Crippen molar-refractivity contribution in [2.75, 3.05) is 13.2 Å². The number of ether oxygens (including phenoxy) is 3. The Kier molecular flexibility index (Phi) is 5.92. The van der Waals surface area contributed by atoms with E-state index >= 15 is 0 Å². The van der Waals surface area contributed by atoms with Gasteiger partial charge < -0.3 is 24.8 Å². The summed E-state index contributed by atoms with van der Waals surface area (Å²) in [6.07, 6.45) is 3.71. The molecule has 1 saturated carbocycles. The van der Waals surface area contributed by atoms with Crippen molar-refractivity contribution < 1.29 is 19.0 Å². The molecule has 0 spiro atoms. The summed E-state index contributed by atoms with van der Waals surface area (Å²) in [6.45, 7) is 10.9. The van der Waals surface area contributed by atoms with Crippen LogP contribution in [-0.2, 0) is 14.2 Å². The Bertz CT molecular complexity index is 388. The molecule has 2 rings (SSSR count). The number of nitrogens with one attached hydrogen (secondary N) is 2. The molecule has 2 aliphatic rings. The van der Waals surface area contributed by atoms with Crippen LogP contribution < -0.4 is 10.6 Å². The van der Waals surface area contributed by atoms with Crippen LogP contribution in [0.2, 0.25) is 0 Å². The second-order valence-corrected chi connectivity index (χ2v) is 8.08. The third-order valence-corrected chi connectivity index (χ3v) is 4.18. The van der Waals surface area contributed by atoms with Crippen LogP contribution in [0.1, 0.15) is 60.3 Å². The number of carbonyl (C=O) groups is 1. The first-order valence-electron chi connectivity index (χ1n) is 8.66. The average Bonchev–Trinajstić information content (AvgIpc) is 2.41. The lowest BCUT2D eigenvalue weighted by molar-refractivity contribution is -0.253. The number of amides is 1. The van der Waals surface area contributed by atoms with Crippen LogP contribution in [0.3, 0.4) is 0 Å². The van der Waals surface area contributed by atoms with Gasteiger partial charge in [-0.05, 0) is 60.3 Å². The van der Waals surface area contributed by atoms with Crippen LogP contribution in [0.25, 0.3) is 0 Å². The predicted molar refractivity (Wildman–Crippen MR) is 88.3 cm³/mol. The summed E-state index contributed by atoms with van der Waals surface area (Å²) in [5, 5.41) is 6.59. The Hall–Kier alpha value is -0.850. The van der Waals surface area contributed by atoms with E-state index in [1.165, 1.54) is 0 Å².